The SMILES string of the molecule is CCOC(=O)COCCCCCCOC1=CN/C(=C2/c3[nH]c4ccccc4c3C[C@@H](C)N2CC(F)F)C=C1. The van der Waals surface area contributed by atoms with E-state index in [-0.39, 0.29) is 25.2 Å². The number of rotatable bonds is 13. The van der Waals surface area contributed by atoms with E-state index in [0.717, 1.165) is 59.2 Å². The number of hydrogen-bond donors (Lipinski definition) is 2. The molecule has 2 N–H and O–H groups in total. The van der Waals surface area contributed by atoms with Crippen LogP contribution in [0.5, 0.6) is 0 Å². The Kier molecular flexibility index (Phi) is 9.81. The molecule has 0 radical (unpaired) electrons. The highest BCUT2D eigenvalue weighted by Gasteiger charge is 2.33. The molecule has 4 rings (SSSR count). The van der Waals surface area contributed by atoms with Crippen LogP contribution >= 0.6 is 0 Å². The second kappa shape index (κ2) is 13.5. The van der Waals surface area contributed by atoms with Gasteiger partial charge in [-0.3, -0.25) is 0 Å². The van der Waals surface area contributed by atoms with E-state index in [1.54, 1.807) is 18.0 Å². The number of carbonyl (C=O) groups is 1. The molecule has 0 aliphatic carbocycles. The zero-order chi connectivity index (χ0) is 26.9. The standard InChI is InChI=1S/C29H37F2N3O4/c1-3-37-27(35)19-36-14-8-4-5-9-15-38-21-12-13-25(32-17-21)29-28-23(16-20(2)34(29)18-26(30)31)22-10-6-7-11-24(22)33-28/h6-7,10-13,17,20,26,32-33H,3-5,8-9,14-16,18-19H2,1-2H3/b29-25-/t20-/m1/s1. The maximum absolute atomic E-state index is 13.6. The summed E-state index contributed by atoms with van der Waals surface area (Å²) < 4.78 is 43.1. The van der Waals surface area contributed by atoms with Crippen molar-refractivity contribution in [1.29, 1.82) is 0 Å². The topological polar surface area (TPSA) is 75.8 Å². The summed E-state index contributed by atoms with van der Waals surface area (Å²) in [5, 5.41) is 4.42. The van der Waals surface area contributed by atoms with Crippen LogP contribution in [0.15, 0.2) is 54.1 Å². The normalized spacial score (nSPS) is 18.9. The molecule has 2 aliphatic rings. The summed E-state index contributed by atoms with van der Waals surface area (Å²) in [6.45, 7) is 4.92. The summed E-state index contributed by atoms with van der Waals surface area (Å²) in [5.41, 5.74) is 4.58. The Morgan fingerprint density at radius 3 is 2.66 bits per heavy atom. The van der Waals surface area contributed by atoms with Gasteiger partial charge in [0.15, 0.2) is 0 Å². The summed E-state index contributed by atoms with van der Waals surface area (Å²) in [4.78, 5) is 16.5. The summed E-state index contributed by atoms with van der Waals surface area (Å²) in [5.74, 6) is 0.372. The number of dihydropyridines is 1. The molecule has 0 bridgehead atoms. The smallest absolute Gasteiger partial charge is 0.332 e. The molecule has 3 heterocycles. The van der Waals surface area contributed by atoms with Crippen molar-refractivity contribution in [3.63, 3.8) is 0 Å². The first kappa shape index (κ1) is 27.7. The van der Waals surface area contributed by atoms with Crippen molar-refractivity contribution in [1.82, 2.24) is 15.2 Å². The van der Waals surface area contributed by atoms with Gasteiger partial charge in [-0.05, 0) is 63.3 Å². The third kappa shape index (κ3) is 6.95. The van der Waals surface area contributed by atoms with E-state index < -0.39 is 6.43 Å². The Bertz CT molecular complexity index is 1190. The van der Waals surface area contributed by atoms with Crippen LogP contribution < -0.4 is 5.32 Å². The maximum Gasteiger partial charge on any atom is 0.332 e. The molecule has 1 atom stereocenters. The highest BCUT2D eigenvalue weighted by atomic mass is 19.3. The lowest BCUT2D eigenvalue weighted by Gasteiger charge is -2.38. The van der Waals surface area contributed by atoms with Crippen LogP contribution in [-0.4, -0.2) is 61.3 Å². The number of aromatic amines is 1. The van der Waals surface area contributed by atoms with E-state index in [2.05, 4.69) is 16.4 Å². The molecule has 0 saturated heterocycles. The summed E-state index contributed by atoms with van der Waals surface area (Å²) in [6.07, 6.45) is 7.58. The predicted molar refractivity (Wildman–Crippen MR) is 143 cm³/mol. The van der Waals surface area contributed by atoms with Crippen molar-refractivity contribution >= 4 is 22.6 Å². The van der Waals surface area contributed by atoms with Crippen molar-refractivity contribution < 1.29 is 27.8 Å². The highest BCUT2D eigenvalue weighted by Crippen LogP contribution is 2.38. The number of aromatic nitrogens is 1. The second-order valence-corrected chi connectivity index (χ2v) is 9.53. The molecule has 0 amide bonds. The number of nitrogens with one attached hydrogen (secondary N) is 2. The fourth-order valence-corrected chi connectivity index (χ4v) is 4.95. The molecule has 206 valence electrons. The molecule has 2 aromatic rings. The van der Waals surface area contributed by atoms with E-state index >= 15 is 0 Å². The number of H-pyrrole nitrogens is 1. The monoisotopic (exact) mass is 529 g/mol. The number of nitrogens with zero attached hydrogens (tertiary/aromatic N) is 1. The molecule has 1 aromatic heterocycles. The van der Waals surface area contributed by atoms with Crippen LogP contribution in [0.25, 0.3) is 16.6 Å². The zero-order valence-electron chi connectivity index (χ0n) is 22.1. The lowest BCUT2D eigenvalue weighted by Crippen LogP contribution is -2.41. The molecule has 0 saturated carbocycles. The van der Waals surface area contributed by atoms with Crippen LogP contribution in [0.4, 0.5) is 8.78 Å². The number of carbonyl (C=O) groups excluding carboxylic acids is 1. The minimum absolute atomic E-state index is 0.00297. The largest absolute Gasteiger partial charge is 0.492 e. The molecule has 0 fully saturated rings. The van der Waals surface area contributed by atoms with Gasteiger partial charge in [0.05, 0.1) is 36.8 Å². The van der Waals surface area contributed by atoms with Gasteiger partial charge >= 0.3 is 5.97 Å². The van der Waals surface area contributed by atoms with Crippen LogP contribution in [0, 0.1) is 0 Å². The second-order valence-electron chi connectivity index (χ2n) is 9.53. The van der Waals surface area contributed by atoms with Gasteiger partial charge in [0.25, 0.3) is 6.43 Å². The lowest BCUT2D eigenvalue weighted by molar-refractivity contribution is -0.148. The Balaban J connectivity index is 1.32. The van der Waals surface area contributed by atoms with E-state index in [4.69, 9.17) is 14.2 Å². The fraction of sp³-hybridized carbons (Fsp3) is 0.483. The average Bonchev–Trinajstić information content (AvgIpc) is 3.26. The molecular formula is C29H37F2N3O4. The molecule has 38 heavy (non-hydrogen) atoms. The van der Waals surface area contributed by atoms with Crippen LogP contribution in [0.1, 0.15) is 50.8 Å². The highest BCUT2D eigenvalue weighted by molar-refractivity contribution is 5.90. The molecule has 9 heteroatoms. The van der Waals surface area contributed by atoms with Gasteiger partial charge < -0.3 is 29.4 Å². The van der Waals surface area contributed by atoms with Gasteiger partial charge in [-0.25, -0.2) is 13.6 Å². The molecule has 7 nitrogen and oxygen atoms in total. The number of unbranched alkanes of at least 4 members (excludes halogenated alkanes) is 3. The first-order valence-electron chi connectivity index (χ1n) is 13.4. The number of benzene rings is 1. The van der Waals surface area contributed by atoms with Crippen molar-refractivity contribution in [3.8, 4) is 0 Å². The van der Waals surface area contributed by atoms with Crippen molar-refractivity contribution in [2.24, 2.45) is 0 Å². The number of ether oxygens (including phenoxy) is 3. The Labute approximate surface area is 222 Å². The minimum Gasteiger partial charge on any atom is -0.492 e. The zero-order valence-corrected chi connectivity index (χ0v) is 22.1. The van der Waals surface area contributed by atoms with Crippen molar-refractivity contribution in [3.05, 3.63) is 65.3 Å². The number of fused-ring (bicyclic) bond motifs is 3. The Hall–Kier alpha value is -3.33. The number of esters is 1. The summed E-state index contributed by atoms with van der Waals surface area (Å²) >= 11 is 0. The quantitative estimate of drug-likeness (QED) is 0.263. The predicted octanol–water partition coefficient (Wildman–Crippen LogP) is 5.51. The molecule has 0 spiro atoms. The number of hydrogen-bond acceptors (Lipinski definition) is 6. The number of halogens is 2. The number of allylic oxidation sites excluding steroid dienone is 2. The molecule has 0 unspecified atom stereocenters. The van der Waals surface area contributed by atoms with Crippen molar-refractivity contribution in [2.45, 2.75) is 58.4 Å². The van der Waals surface area contributed by atoms with Gasteiger partial charge in [0.1, 0.15) is 12.4 Å². The third-order valence-corrected chi connectivity index (χ3v) is 6.72. The summed E-state index contributed by atoms with van der Waals surface area (Å²) in [7, 11) is 0. The molecule has 1 aromatic carbocycles. The van der Waals surface area contributed by atoms with E-state index in [0.29, 0.717) is 32.0 Å². The molecular weight excluding hydrogens is 492 g/mol. The van der Waals surface area contributed by atoms with Crippen molar-refractivity contribution in [2.75, 3.05) is 33.0 Å². The van der Waals surface area contributed by atoms with Gasteiger partial charge in [-0.2, -0.15) is 0 Å². The fourth-order valence-electron chi connectivity index (χ4n) is 4.95. The van der Waals surface area contributed by atoms with E-state index in [9.17, 15) is 13.6 Å². The van der Waals surface area contributed by atoms with E-state index in [1.165, 1.54) is 0 Å². The molecule has 2 aliphatic heterocycles. The number of para-hydroxylation sites is 1. The first-order chi connectivity index (χ1) is 18.5. The van der Waals surface area contributed by atoms with Crippen LogP contribution in [0.2, 0.25) is 0 Å². The maximum atomic E-state index is 13.6. The summed E-state index contributed by atoms with van der Waals surface area (Å²) in [6, 6.07) is 8.01. The van der Waals surface area contributed by atoms with Gasteiger partial charge in [0.2, 0.25) is 0 Å². The van der Waals surface area contributed by atoms with Gasteiger partial charge in [-0.15, -0.1) is 0 Å². The third-order valence-electron chi connectivity index (χ3n) is 6.72. The van der Waals surface area contributed by atoms with E-state index in [1.807, 2.05) is 37.3 Å². The minimum atomic E-state index is -2.44. The Morgan fingerprint density at radius 2 is 1.92 bits per heavy atom. The average molecular weight is 530 g/mol. The first-order valence-corrected chi connectivity index (χ1v) is 13.4. The Morgan fingerprint density at radius 1 is 1.13 bits per heavy atom. The van der Waals surface area contributed by atoms with Crippen LogP contribution in [0.3, 0.4) is 0 Å². The van der Waals surface area contributed by atoms with Gasteiger partial charge in [0, 0.05) is 29.8 Å². The van der Waals surface area contributed by atoms with Crippen LogP contribution in [-0.2, 0) is 25.4 Å². The van der Waals surface area contributed by atoms with Gasteiger partial charge in [-0.1, -0.05) is 24.6 Å². The lowest BCUT2D eigenvalue weighted by atomic mass is 9.94. The number of alkyl halides is 2.